The number of aromatic nitrogens is 1. The van der Waals surface area contributed by atoms with Crippen LogP contribution in [0.2, 0.25) is 0 Å². The van der Waals surface area contributed by atoms with Gasteiger partial charge in [0.1, 0.15) is 0 Å². The van der Waals surface area contributed by atoms with E-state index < -0.39 is 11.7 Å². The summed E-state index contributed by atoms with van der Waals surface area (Å²) in [6.45, 7) is 0.222. The third-order valence-corrected chi connectivity index (χ3v) is 4.07. The molecule has 2 aromatic carbocycles. The lowest BCUT2D eigenvalue weighted by Crippen LogP contribution is -2.20. The number of hydrogen-bond donors (Lipinski definition) is 0. The van der Waals surface area contributed by atoms with Crippen molar-refractivity contribution in [3.05, 3.63) is 80.7 Å². The Hall–Kier alpha value is -2.08. The maximum Gasteiger partial charge on any atom is 0.416 e. The van der Waals surface area contributed by atoms with Crippen LogP contribution < -0.4 is 5.56 Å². The minimum atomic E-state index is -4.36. The van der Waals surface area contributed by atoms with Gasteiger partial charge in [0.15, 0.2) is 0 Å². The van der Waals surface area contributed by atoms with Crippen LogP contribution in [0.15, 0.2) is 64.0 Å². The van der Waals surface area contributed by atoms with Crippen LogP contribution in [-0.4, -0.2) is 4.57 Å². The fourth-order valence-corrected chi connectivity index (χ4v) is 2.73. The van der Waals surface area contributed by atoms with E-state index in [2.05, 4.69) is 15.9 Å². The second kappa shape index (κ2) is 5.85. The molecule has 0 radical (unpaired) electrons. The highest BCUT2D eigenvalue weighted by molar-refractivity contribution is 9.10. The molecule has 0 unspecified atom stereocenters. The number of hydrogen-bond acceptors (Lipinski definition) is 1. The summed E-state index contributed by atoms with van der Waals surface area (Å²) in [6, 6.07) is 12.1. The Morgan fingerprint density at radius 1 is 1.00 bits per heavy atom. The Balaban J connectivity index is 1.95. The smallest absolute Gasteiger partial charge is 0.311 e. The van der Waals surface area contributed by atoms with E-state index in [4.69, 9.17) is 0 Å². The topological polar surface area (TPSA) is 22.0 Å². The Bertz CT molecular complexity index is 914. The number of pyridine rings is 1. The van der Waals surface area contributed by atoms with Crippen molar-refractivity contribution >= 4 is 26.7 Å². The van der Waals surface area contributed by atoms with E-state index in [1.807, 2.05) is 18.2 Å². The maximum absolute atomic E-state index is 12.6. The van der Waals surface area contributed by atoms with Gasteiger partial charge in [-0.15, -0.1) is 0 Å². The quantitative estimate of drug-likeness (QED) is 0.622. The van der Waals surface area contributed by atoms with Gasteiger partial charge in [-0.25, -0.2) is 0 Å². The molecule has 1 aromatic heterocycles. The number of halogens is 4. The maximum atomic E-state index is 12.6. The molecule has 0 aliphatic carbocycles. The molecule has 0 N–H and O–H groups in total. The van der Waals surface area contributed by atoms with E-state index in [0.717, 1.165) is 22.0 Å². The summed E-state index contributed by atoms with van der Waals surface area (Å²) < 4.78 is 40.0. The van der Waals surface area contributed by atoms with Crippen LogP contribution in [0.4, 0.5) is 13.2 Å². The SMILES string of the molecule is O=c1c2cc(Br)ccc2ccn1Cc1ccc(C(F)(F)F)cc1. The molecule has 0 saturated carbocycles. The molecule has 23 heavy (non-hydrogen) atoms. The Labute approximate surface area is 138 Å². The largest absolute Gasteiger partial charge is 0.416 e. The lowest BCUT2D eigenvalue weighted by molar-refractivity contribution is -0.137. The number of fused-ring (bicyclic) bond motifs is 1. The van der Waals surface area contributed by atoms with Crippen LogP contribution in [0, 0.1) is 0 Å². The van der Waals surface area contributed by atoms with Crippen molar-refractivity contribution in [3.63, 3.8) is 0 Å². The van der Waals surface area contributed by atoms with Crippen LogP contribution in [0.5, 0.6) is 0 Å². The van der Waals surface area contributed by atoms with Crippen molar-refractivity contribution < 1.29 is 13.2 Å². The van der Waals surface area contributed by atoms with Gasteiger partial charge < -0.3 is 4.57 Å². The molecule has 0 saturated heterocycles. The Morgan fingerprint density at radius 3 is 2.35 bits per heavy atom. The molecule has 3 aromatic rings. The van der Waals surface area contributed by atoms with Gasteiger partial charge in [-0.1, -0.05) is 34.1 Å². The minimum absolute atomic E-state index is 0.177. The van der Waals surface area contributed by atoms with E-state index in [1.54, 1.807) is 12.3 Å². The molecular formula is C17H11BrF3NO. The number of rotatable bonds is 2. The zero-order valence-corrected chi connectivity index (χ0v) is 13.4. The fraction of sp³-hybridized carbons (Fsp3) is 0.118. The first-order valence-electron chi connectivity index (χ1n) is 6.79. The van der Waals surface area contributed by atoms with E-state index in [1.165, 1.54) is 16.7 Å². The number of nitrogens with zero attached hydrogens (tertiary/aromatic N) is 1. The zero-order chi connectivity index (χ0) is 16.6. The van der Waals surface area contributed by atoms with Crippen molar-refractivity contribution in [1.82, 2.24) is 4.57 Å². The molecule has 0 fully saturated rings. The van der Waals surface area contributed by atoms with Gasteiger partial charge in [-0.05, 0) is 41.3 Å². The summed E-state index contributed by atoms with van der Waals surface area (Å²) in [5.74, 6) is 0. The summed E-state index contributed by atoms with van der Waals surface area (Å²) >= 11 is 3.33. The standard InChI is InChI=1S/C17H11BrF3NO/c18-14-6-3-12-7-8-22(16(23)15(12)9-14)10-11-1-4-13(5-2-11)17(19,20)21/h1-9H,10H2. The van der Waals surface area contributed by atoms with Crippen LogP contribution in [-0.2, 0) is 12.7 Å². The highest BCUT2D eigenvalue weighted by Gasteiger charge is 2.29. The van der Waals surface area contributed by atoms with E-state index >= 15 is 0 Å². The first-order chi connectivity index (χ1) is 10.8. The Morgan fingerprint density at radius 2 is 1.70 bits per heavy atom. The average Bonchev–Trinajstić information content (AvgIpc) is 2.50. The number of alkyl halides is 3. The van der Waals surface area contributed by atoms with E-state index in [9.17, 15) is 18.0 Å². The first-order valence-corrected chi connectivity index (χ1v) is 7.59. The van der Waals surface area contributed by atoms with E-state index in [0.29, 0.717) is 10.9 Å². The molecule has 0 atom stereocenters. The number of benzene rings is 2. The van der Waals surface area contributed by atoms with Gasteiger partial charge in [0.2, 0.25) is 0 Å². The third kappa shape index (κ3) is 3.32. The molecule has 0 spiro atoms. The second-order valence-corrected chi connectivity index (χ2v) is 6.09. The van der Waals surface area contributed by atoms with Crippen molar-refractivity contribution in [2.24, 2.45) is 0 Å². The lowest BCUT2D eigenvalue weighted by atomic mass is 10.1. The van der Waals surface area contributed by atoms with Gasteiger partial charge in [0, 0.05) is 16.1 Å². The van der Waals surface area contributed by atoms with Gasteiger partial charge >= 0.3 is 6.18 Å². The molecule has 2 nitrogen and oxygen atoms in total. The van der Waals surface area contributed by atoms with Crippen molar-refractivity contribution in [2.45, 2.75) is 12.7 Å². The first kappa shape index (κ1) is 15.8. The predicted molar refractivity (Wildman–Crippen MR) is 86.5 cm³/mol. The van der Waals surface area contributed by atoms with Crippen molar-refractivity contribution in [3.8, 4) is 0 Å². The molecule has 0 aliphatic rings. The predicted octanol–water partition coefficient (Wildman–Crippen LogP) is 4.83. The second-order valence-electron chi connectivity index (χ2n) is 5.18. The van der Waals surface area contributed by atoms with Crippen LogP contribution in [0.1, 0.15) is 11.1 Å². The van der Waals surface area contributed by atoms with E-state index in [-0.39, 0.29) is 12.1 Å². The highest BCUT2D eigenvalue weighted by atomic mass is 79.9. The van der Waals surface area contributed by atoms with Gasteiger partial charge in [-0.3, -0.25) is 4.79 Å². The van der Waals surface area contributed by atoms with Crippen molar-refractivity contribution in [2.75, 3.05) is 0 Å². The molecule has 0 aliphatic heterocycles. The molecule has 0 amide bonds. The molecule has 1 heterocycles. The van der Waals surface area contributed by atoms with Crippen LogP contribution in [0.3, 0.4) is 0 Å². The highest BCUT2D eigenvalue weighted by Crippen LogP contribution is 2.29. The van der Waals surface area contributed by atoms with Crippen LogP contribution in [0.25, 0.3) is 10.8 Å². The summed E-state index contributed by atoms with van der Waals surface area (Å²) in [7, 11) is 0. The van der Waals surface area contributed by atoms with Crippen molar-refractivity contribution in [1.29, 1.82) is 0 Å². The molecule has 118 valence electrons. The van der Waals surface area contributed by atoms with Gasteiger partial charge in [0.05, 0.1) is 12.1 Å². The van der Waals surface area contributed by atoms with Gasteiger partial charge in [0.25, 0.3) is 5.56 Å². The monoisotopic (exact) mass is 381 g/mol. The van der Waals surface area contributed by atoms with Crippen LogP contribution >= 0.6 is 15.9 Å². The Kier molecular flexibility index (Phi) is 4.02. The molecule has 3 rings (SSSR count). The summed E-state index contributed by atoms with van der Waals surface area (Å²) in [6.07, 6.45) is -2.71. The third-order valence-electron chi connectivity index (χ3n) is 3.57. The molecule has 0 bridgehead atoms. The fourth-order valence-electron chi connectivity index (χ4n) is 2.37. The minimum Gasteiger partial charge on any atom is -0.311 e. The normalized spacial score (nSPS) is 11.8. The molecular weight excluding hydrogens is 371 g/mol. The van der Waals surface area contributed by atoms with Gasteiger partial charge in [-0.2, -0.15) is 13.2 Å². The summed E-state index contributed by atoms with van der Waals surface area (Å²) in [4.78, 5) is 12.5. The summed E-state index contributed by atoms with van der Waals surface area (Å²) in [5.41, 5.74) is -0.241. The lowest BCUT2D eigenvalue weighted by Gasteiger charge is -2.10. The molecule has 6 heteroatoms. The summed E-state index contributed by atoms with van der Waals surface area (Å²) in [5, 5.41) is 1.38. The zero-order valence-electron chi connectivity index (χ0n) is 11.8. The average molecular weight is 382 g/mol.